The zero-order valence-corrected chi connectivity index (χ0v) is 12.4. The highest BCUT2D eigenvalue weighted by Gasteiger charge is 2.20. The molecule has 1 atom stereocenters. The van der Waals surface area contributed by atoms with Gasteiger partial charge in [-0.3, -0.25) is 4.79 Å². The van der Waals surface area contributed by atoms with E-state index in [4.69, 9.17) is 23.2 Å². The van der Waals surface area contributed by atoms with E-state index >= 15 is 0 Å². The molecule has 0 radical (unpaired) electrons. The van der Waals surface area contributed by atoms with Crippen LogP contribution in [0.3, 0.4) is 0 Å². The van der Waals surface area contributed by atoms with Crippen molar-refractivity contribution in [1.82, 2.24) is 10.2 Å². The summed E-state index contributed by atoms with van der Waals surface area (Å²) in [6.07, 6.45) is 0. The lowest BCUT2D eigenvalue weighted by molar-refractivity contribution is 0.0994. The Morgan fingerprint density at radius 2 is 2.22 bits per heavy atom. The molecule has 2 rings (SSSR count). The van der Waals surface area contributed by atoms with Crippen molar-refractivity contribution in [2.45, 2.75) is 16.5 Å². The Kier molecular flexibility index (Phi) is 4.61. The molecule has 7 heteroatoms. The lowest BCUT2D eigenvalue weighted by Crippen LogP contribution is -2.13. The van der Waals surface area contributed by atoms with Crippen LogP contribution in [-0.2, 0) is 0 Å². The molecule has 0 amide bonds. The van der Waals surface area contributed by atoms with Gasteiger partial charge in [0, 0.05) is 10.6 Å². The fraction of sp³-hybridized carbons (Fsp3) is 0.182. The summed E-state index contributed by atoms with van der Waals surface area (Å²) in [5.41, 5.74) is 2.11. The van der Waals surface area contributed by atoms with Crippen LogP contribution in [0.1, 0.15) is 17.3 Å². The molecule has 3 nitrogen and oxygen atoms in total. The molecule has 1 heterocycles. The number of hydrogen-bond acceptors (Lipinski definition) is 5. The Balaban J connectivity index is 2.15. The van der Waals surface area contributed by atoms with E-state index in [9.17, 15) is 4.79 Å². The van der Waals surface area contributed by atoms with Crippen LogP contribution in [0.15, 0.2) is 28.0 Å². The number of thioether (sulfide) groups is 1. The van der Waals surface area contributed by atoms with E-state index < -0.39 is 0 Å². The van der Waals surface area contributed by atoms with Gasteiger partial charge in [-0.1, -0.05) is 46.3 Å². The topological polar surface area (TPSA) is 42.9 Å². The molecule has 0 aliphatic heterocycles. The van der Waals surface area contributed by atoms with Crippen LogP contribution < -0.4 is 0 Å². The van der Waals surface area contributed by atoms with Crippen LogP contribution in [0, 0.1) is 0 Å². The highest BCUT2D eigenvalue weighted by atomic mass is 35.5. The molecule has 94 valence electrons. The molecule has 0 N–H and O–H groups in total. The summed E-state index contributed by atoms with van der Waals surface area (Å²) < 4.78 is 0.765. The van der Waals surface area contributed by atoms with E-state index in [1.165, 1.54) is 23.1 Å². The predicted molar refractivity (Wildman–Crippen MR) is 76.0 cm³/mol. The normalized spacial score (nSPS) is 12.4. The quantitative estimate of drug-likeness (QED) is 0.625. The van der Waals surface area contributed by atoms with Crippen LogP contribution >= 0.6 is 46.3 Å². The maximum absolute atomic E-state index is 12.2. The van der Waals surface area contributed by atoms with Gasteiger partial charge in [0.1, 0.15) is 5.51 Å². The van der Waals surface area contributed by atoms with Crippen molar-refractivity contribution in [1.29, 1.82) is 0 Å². The molecule has 0 fully saturated rings. The maximum atomic E-state index is 12.2. The summed E-state index contributed by atoms with van der Waals surface area (Å²) in [4.78, 5) is 12.2. The van der Waals surface area contributed by atoms with Crippen molar-refractivity contribution in [3.8, 4) is 0 Å². The number of rotatable bonds is 4. The van der Waals surface area contributed by atoms with Gasteiger partial charge in [0.05, 0.1) is 10.3 Å². The highest BCUT2D eigenvalue weighted by molar-refractivity contribution is 8.02. The zero-order chi connectivity index (χ0) is 13.1. The first kappa shape index (κ1) is 13.8. The minimum Gasteiger partial charge on any atom is -0.293 e. The monoisotopic (exact) mass is 318 g/mol. The molecule has 0 spiro atoms. The van der Waals surface area contributed by atoms with Crippen molar-refractivity contribution in [2.75, 3.05) is 0 Å². The molecule has 1 unspecified atom stereocenters. The van der Waals surface area contributed by atoms with Crippen LogP contribution in [-0.4, -0.2) is 21.2 Å². The van der Waals surface area contributed by atoms with Crippen molar-refractivity contribution in [2.24, 2.45) is 0 Å². The number of nitrogens with zero attached hydrogens (tertiary/aromatic N) is 2. The minimum atomic E-state index is -0.267. The second-order valence-corrected chi connectivity index (χ2v) is 6.72. The molecule has 0 saturated carbocycles. The molecular weight excluding hydrogens is 311 g/mol. The zero-order valence-electron chi connectivity index (χ0n) is 9.26. The van der Waals surface area contributed by atoms with Crippen molar-refractivity contribution < 1.29 is 4.79 Å². The van der Waals surface area contributed by atoms with Crippen LogP contribution in [0.2, 0.25) is 10.0 Å². The van der Waals surface area contributed by atoms with Crippen molar-refractivity contribution >= 4 is 52.1 Å². The van der Waals surface area contributed by atoms with Crippen molar-refractivity contribution in [3.63, 3.8) is 0 Å². The van der Waals surface area contributed by atoms with Gasteiger partial charge in [-0.2, -0.15) is 0 Å². The standard InChI is InChI=1S/C11H8Cl2N2OS2/c1-6(18-11-15-14-5-17-11)10(16)8-3-2-7(12)4-9(8)13/h2-6H,1H3. The van der Waals surface area contributed by atoms with Gasteiger partial charge in [-0.15, -0.1) is 10.2 Å². The fourth-order valence-electron chi connectivity index (χ4n) is 1.33. The molecular formula is C11H8Cl2N2OS2. The number of ketones is 1. The van der Waals surface area contributed by atoms with Crippen LogP contribution in [0.5, 0.6) is 0 Å². The van der Waals surface area contributed by atoms with Crippen LogP contribution in [0.25, 0.3) is 0 Å². The number of halogens is 2. The Morgan fingerprint density at radius 1 is 1.44 bits per heavy atom. The molecule has 18 heavy (non-hydrogen) atoms. The number of hydrogen-bond donors (Lipinski definition) is 0. The number of carbonyl (C=O) groups is 1. The Hall–Kier alpha value is -0.620. The first-order valence-corrected chi connectivity index (χ1v) is 7.51. The highest BCUT2D eigenvalue weighted by Crippen LogP contribution is 2.29. The molecule has 1 aromatic heterocycles. The summed E-state index contributed by atoms with van der Waals surface area (Å²) >= 11 is 14.6. The molecule has 0 aliphatic carbocycles. The van der Waals surface area contributed by atoms with E-state index in [0.717, 1.165) is 4.34 Å². The molecule has 1 aromatic carbocycles. The first-order valence-electron chi connectivity index (χ1n) is 5.00. The minimum absolute atomic E-state index is 0.0446. The van der Waals surface area contributed by atoms with Gasteiger partial charge in [-0.05, 0) is 25.1 Å². The van der Waals surface area contributed by atoms with Gasteiger partial charge in [0.2, 0.25) is 0 Å². The third-order valence-electron chi connectivity index (χ3n) is 2.18. The van der Waals surface area contributed by atoms with Gasteiger partial charge < -0.3 is 0 Å². The lowest BCUT2D eigenvalue weighted by atomic mass is 10.1. The Bertz CT molecular complexity index is 560. The van der Waals surface area contributed by atoms with E-state index in [2.05, 4.69) is 10.2 Å². The fourth-order valence-corrected chi connectivity index (χ4v) is 3.52. The molecule has 0 saturated heterocycles. The molecule has 0 bridgehead atoms. The largest absolute Gasteiger partial charge is 0.293 e. The van der Waals surface area contributed by atoms with E-state index in [1.807, 2.05) is 6.92 Å². The smallest absolute Gasteiger partial charge is 0.177 e. The third-order valence-corrected chi connectivity index (χ3v) is 4.64. The van der Waals surface area contributed by atoms with Crippen molar-refractivity contribution in [3.05, 3.63) is 39.3 Å². The molecule has 2 aromatic rings. The van der Waals surface area contributed by atoms with Gasteiger partial charge in [0.25, 0.3) is 0 Å². The summed E-state index contributed by atoms with van der Waals surface area (Å²) in [6, 6.07) is 4.87. The summed E-state index contributed by atoms with van der Waals surface area (Å²) in [6.45, 7) is 1.82. The summed E-state index contributed by atoms with van der Waals surface area (Å²) in [5.74, 6) is -0.0446. The number of Topliss-reactive ketones (excluding diaryl/α,β-unsaturated/α-hetero) is 1. The average molecular weight is 319 g/mol. The number of carbonyl (C=O) groups excluding carboxylic acids is 1. The summed E-state index contributed by atoms with van der Waals surface area (Å²) in [5, 5.41) is 8.24. The van der Waals surface area contributed by atoms with Gasteiger partial charge >= 0.3 is 0 Å². The SMILES string of the molecule is CC(Sc1nncs1)C(=O)c1ccc(Cl)cc1Cl. The Morgan fingerprint density at radius 3 is 2.83 bits per heavy atom. The molecule has 0 aliphatic rings. The lowest BCUT2D eigenvalue weighted by Gasteiger charge is -2.09. The third kappa shape index (κ3) is 3.23. The second-order valence-electron chi connectivity index (χ2n) is 3.45. The number of benzene rings is 1. The summed E-state index contributed by atoms with van der Waals surface area (Å²) in [7, 11) is 0. The predicted octanol–water partition coefficient (Wildman–Crippen LogP) is 4.21. The maximum Gasteiger partial charge on any atom is 0.177 e. The Labute approximate surface area is 123 Å². The van der Waals surface area contributed by atoms with Crippen LogP contribution in [0.4, 0.5) is 0 Å². The van der Waals surface area contributed by atoms with E-state index in [0.29, 0.717) is 15.6 Å². The average Bonchev–Trinajstić information content (AvgIpc) is 2.81. The number of aromatic nitrogens is 2. The second kappa shape index (κ2) is 6.02. The van der Waals surface area contributed by atoms with Gasteiger partial charge in [-0.25, -0.2) is 0 Å². The van der Waals surface area contributed by atoms with E-state index in [-0.39, 0.29) is 11.0 Å². The first-order chi connectivity index (χ1) is 8.58. The van der Waals surface area contributed by atoms with E-state index in [1.54, 1.807) is 23.7 Å². The van der Waals surface area contributed by atoms with Gasteiger partial charge in [0.15, 0.2) is 10.1 Å².